The average molecular weight is 421 g/mol. The zero-order valence-electron chi connectivity index (χ0n) is 16.0. The fourth-order valence-electron chi connectivity index (χ4n) is 3.70. The van der Waals surface area contributed by atoms with E-state index in [9.17, 15) is 9.18 Å². The lowest BCUT2D eigenvalue weighted by atomic mass is 10.0. The van der Waals surface area contributed by atoms with Gasteiger partial charge in [0, 0.05) is 35.8 Å². The molecule has 1 amide bonds. The molecule has 8 heteroatoms. The van der Waals surface area contributed by atoms with Crippen molar-refractivity contribution in [2.24, 2.45) is 0 Å². The van der Waals surface area contributed by atoms with Crippen LogP contribution in [0, 0.1) is 5.82 Å². The van der Waals surface area contributed by atoms with Crippen molar-refractivity contribution >= 4 is 17.5 Å². The first-order valence-electron chi connectivity index (χ1n) is 9.50. The molecule has 4 rings (SSSR count). The van der Waals surface area contributed by atoms with Gasteiger partial charge in [0.25, 0.3) is 5.91 Å². The van der Waals surface area contributed by atoms with E-state index in [1.165, 1.54) is 6.07 Å². The highest BCUT2D eigenvalue weighted by atomic mass is 35.5. The van der Waals surface area contributed by atoms with Crippen LogP contribution in [0.3, 0.4) is 0 Å². The standard InChI is InChI=1S/C21H22ClFN2O4/c1-13-11-25(7-8-27-13)17(20-15(22)3-2-4-16(20)23)10-24-21(26)14-5-6-18-19(9-14)29-12-28-18/h2-6,9,13,17H,7-8,10-12H2,1H3,(H,24,26)/t13-,17+/m0/s1. The third kappa shape index (κ3) is 4.32. The Hall–Kier alpha value is -2.35. The number of rotatable bonds is 5. The number of morpholine rings is 1. The van der Waals surface area contributed by atoms with Gasteiger partial charge in [-0.05, 0) is 37.3 Å². The quantitative estimate of drug-likeness (QED) is 0.803. The van der Waals surface area contributed by atoms with Crippen molar-refractivity contribution < 1.29 is 23.4 Å². The Kier molecular flexibility index (Phi) is 5.89. The molecule has 2 atom stereocenters. The highest BCUT2D eigenvalue weighted by Crippen LogP contribution is 2.33. The molecular formula is C21H22ClFN2O4. The Balaban J connectivity index is 1.54. The van der Waals surface area contributed by atoms with Crippen LogP contribution in [0.1, 0.15) is 28.9 Å². The molecule has 0 aromatic heterocycles. The summed E-state index contributed by atoms with van der Waals surface area (Å²) in [6.07, 6.45) is 0.0151. The van der Waals surface area contributed by atoms with Gasteiger partial charge in [-0.1, -0.05) is 17.7 Å². The maximum atomic E-state index is 14.7. The number of hydrogen-bond acceptors (Lipinski definition) is 5. The number of nitrogens with one attached hydrogen (secondary N) is 1. The molecule has 2 aliphatic heterocycles. The molecule has 0 aliphatic carbocycles. The molecule has 0 radical (unpaired) electrons. The van der Waals surface area contributed by atoms with Crippen LogP contribution >= 0.6 is 11.6 Å². The highest BCUT2D eigenvalue weighted by Gasteiger charge is 2.29. The molecule has 2 heterocycles. The molecule has 2 aromatic carbocycles. The first-order chi connectivity index (χ1) is 14.0. The van der Waals surface area contributed by atoms with Gasteiger partial charge in [0.15, 0.2) is 11.5 Å². The lowest BCUT2D eigenvalue weighted by Crippen LogP contribution is -2.47. The van der Waals surface area contributed by atoms with Gasteiger partial charge in [-0.2, -0.15) is 0 Å². The molecule has 154 valence electrons. The van der Waals surface area contributed by atoms with Crippen molar-refractivity contribution in [3.63, 3.8) is 0 Å². The minimum absolute atomic E-state index is 0.0151. The fourth-order valence-corrected chi connectivity index (χ4v) is 3.99. The Morgan fingerprint density at radius 2 is 2.14 bits per heavy atom. The fraction of sp³-hybridized carbons (Fsp3) is 0.381. The molecule has 0 saturated carbocycles. The number of carbonyl (C=O) groups excluding carboxylic acids is 1. The van der Waals surface area contributed by atoms with E-state index in [1.807, 2.05) is 6.92 Å². The predicted octanol–water partition coefficient (Wildman–Crippen LogP) is 3.40. The van der Waals surface area contributed by atoms with E-state index >= 15 is 0 Å². The molecule has 2 aliphatic rings. The predicted molar refractivity (Wildman–Crippen MR) is 106 cm³/mol. The third-order valence-corrected chi connectivity index (χ3v) is 5.47. The summed E-state index contributed by atoms with van der Waals surface area (Å²) in [6.45, 7) is 4.11. The summed E-state index contributed by atoms with van der Waals surface area (Å²) < 4.78 is 30.9. The van der Waals surface area contributed by atoms with E-state index in [1.54, 1.807) is 30.3 Å². The third-order valence-electron chi connectivity index (χ3n) is 5.14. The Morgan fingerprint density at radius 1 is 1.31 bits per heavy atom. The zero-order chi connectivity index (χ0) is 20.4. The van der Waals surface area contributed by atoms with E-state index in [-0.39, 0.29) is 31.2 Å². The SMILES string of the molecule is C[C@H]1CN([C@H](CNC(=O)c2ccc3c(c2)OCO3)c2c(F)cccc2Cl)CCO1. The van der Waals surface area contributed by atoms with Gasteiger partial charge < -0.3 is 19.5 Å². The van der Waals surface area contributed by atoms with E-state index < -0.39 is 6.04 Å². The summed E-state index contributed by atoms with van der Waals surface area (Å²) in [5.41, 5.74) is 0.831. The molecule has 1 saturated heterocycles. The van der Waals surface area contributed by atoms with Gasteiger partial charge in [0.1, 0.15) is 5.82 Å². The first kappa shape index (κ1) is 19.9. The maximum Gasteiger partial charge on any atom is 0.251 e. The molecule has 2 aromatic rings. The van der Waals surface area contributed by atoms with Crippen molar-refractivity contribution in [1.29, 1.82) is 0 Å². The Bertz CT molecular complexity index is 890. The topological polar surface area (TPSA) is 60.0 Å². The number of ether oxygens (including phenoxy) is 3. The first-order valence-corrected chi connectivity index (χ1v) is 9.88. The summed E-state index contributed by atoms with van der Waals surface area (Å²) >= 11 is 6.34. The summed E-state index contributed by atoms with van der Waals surface area (Å²) in [5.74, 6) is 0.481. The second-order valence-corrected chi connectivity index (χ2v) is 7.51. The van der Waals surface area contributed by atoms with Crippen LogP contribution in [-0.4, -0.2) is 49.9 Å². The largest absolute Gasteiger partial charge is 0.454 e. The van der Waals surface area contributed by atoms with Crippen molar-refractivity contribution in [2.45, 2.75) is 19.1 Å². The Morgan fingerprint density at radius 3 is 2.93 bits per heavy atom. The molecule has 1 N–H and O–H groups in total. The van der Waals surface area contributed by atoms with Crippen LogP contribution < -0.4 is 14.8 Å². The van der Waals surface area contributed by atoms with Gasteiger partial charge in [0.2, 0.25) is 6.79 Å². The van der Waals surface area contributed by atoms with Crippen molar-refractivity contribution in [3.05, 3.63) is 58.4 Å². The molecule has 0 bridgehead atoms. The highest BCUT2D eigenvalue weighted by molar-refractivity contribution is 6.31. The van der Waals surface area contributed by atoms with Crippen LogP contribution in [0.2, 0.25) is 5.02 Å². The normalized spacial score (nSPS) is 19.8. The van der Waals surface area contributed by atoms with Crippen LogP contribution in [0.5, 0.6) is 11.5 Å². The number of fused-ring (bicyclic) bond motifs is 1. The van der Waals surface area contributed by atoms with Gasteiger partial charge in [-0.15, -0.1) is 0 Å². The average Bonchev–Trinajstić information content (AvgIpc) is 3.17. The van der Waals surface area contributed by atoms with E-state index in [0.29, 0.717) is 47.3 Å². The van der Waals surface area contributed by atoms with Gasteiger partial charge in [-0.25, -0.2) is 4.39 Å². The summed E-state index contributed by atoms with van der Waals surface area (Å²) in [6, 6.07) is 9.23. The van der Waals surface area contributed by atoms with E-state index in [0.717, 1.165) is 0 Å². The van der Waals surface area contributed by atoms with Crippen molar-refractivity contribution in [1.82, 2.24) is 10.2 Å². The summed E-state index contributed by atoms with van der Waals surface area (Å²) in [7, 11) is 0. The number of carbonyl (C=O) groups is 1. The van der Waals surface area contributed by atoms with Gasteiger partial charge in [-0.3, -0.25) is 9.69 Å². The van der Waals surface area contributed by atoms with Gasteiger partial charge >= 0.3 is 0 Å². The lowest BCUT2D eigenvalue weighted by molar-refractivity contribution is -0.0346. The molecular weight excluding hydrogens is 399 g/mol. The number of nitrogens with zero attached hydrogens (tertiary/aromatic N) is 1. The molecule has 0 spiro atoms. The summed E-state index contributed by atoms with van der Waals surface area (Å²) in [5, 5.41) is 3.25. The smallest absolute Gasteiger partial charge is 0.251 e. The van der Waals surface area contributed by atoms with E-state index in [2.05, 4.69) is 10.2 Å². The van der Waals surface area contributed by atoms with Crippen LogP contribution in [-0.2, 0) is 4.74 Å². The minimum atomic E-state index is -0.409. The van der Waals surface area contributed by atoms with Gasteiger partial charge in [0.05, 0.1) is 18.8 Å². The zero-order valence-corrected chi connectivity index (χ0v) is 16.7. The minimum Gasteiger partial charge on any atom is -0.454 e. The molecule has 1 fully saturated rings. The van der Waals surface area contributed by atoms with Crippen LogP contribution in [0.4, 0.5) is 4.39 Å². The molecule has 29 heavy (non-hydrogen) atoms. The van der Waals surface area contributed by atoms with Crippen molar-refractivity contribution in [2.75, 3.05) is 33.0 Å². The second kappa shape index (κ2) is 8.57. The van der Waals surface area contributed by atoms with E-state index in [4.69, 9.17) is 25.8 Å². The number of halogens is 2. The van der Waals surface area contributed by atoms with Crippen molar-refractivity contribution in [3.8, 4) is 11.5 Å². The molecule has 0 unspecified atom stereocenters. The molecule has 6 nitrogen and oxygen atoms in total. The van der Waals surface area contributed by atoms with Crippen LogP contribution in [0.25, 0.3) is 0 Å². The number of hydrogen-bond donors (Lipinski definition) is 1. The lowest BCUT2D eigenvalue weighted by Gasteiger charge is -2.38. The monoisotopic (exact) mass is 420 g/mol. The maximum absolute atomic E-state index is 14.7. The second-order valence-electron chi connectivity index (χ2n) is 7.11. The number of benzene rings is 2. The van der Waals surface area contributed by atoms with Crippen LogP contribution in [0.15, 0.2) is 36.4 Å². The summed E-state index contributed by atoms with van der Waals surface area (Å²) in [4.78, 5) is 14.8. The Labute approximate surface area is 173 Å². The number of amides is 1.